The molecule has 6 nitrogen and oxygen atoms in total. The molecule has 2 heterocycles. The van der Waals surface area contributed by atoms with Crippen LogP contribution in [0.1, 0.15) is 24.0 Å². The van der Waals surface area contributed by atoms with Gasteiger partial charge < -0.3 is 20.2 Å². The predicted molar refractivity (Wildman–Crippen MR) is 92.6 cm³/mol. The van der Waals surface area contributed by atoms with Crippen LogP contribution in [0.2, 0.25) is 0 Å². The van der Waals surface area contributed by atoms with E-state index in [4.69, 9.17) is 14.9 Å². The number of nitrogens with one attached hydrogen (secondary N) is 1. The van der Waals surface area contributed by atoms with Crippen molar-refractivity contribution in [2.75, 3.05) is 44.9 Å². The van der Waals surface area contributed by atoms with Crippen molar-refractivity contribution in [3.05, 3.63) is 23.7 Å². The van der Waals surface area contributed by atoms with Crippen LogP contribution in [0.5, 0.6) is 0 Å². The summed E-state index contributed by atoms with van der Waals surface area (Å²) >= 11 is 1.70. The second-order valence-corrected chi connectivity index (χ2v) is 6.73. The predicted octanol–water partition coefficient (Wildman–Crippen LogP) is 1.16. The van der Waals surface area contributed by atoms with Gasteiger partial charge in [-0.05, 0) is 37.5 Å². The lowest BCUT2D eigenvalue weighted by atomic mass is 10.1. The molecule has 1 aromatic rings. The Balaban J connectivity index is 1.96. The summed E-state index contributed by atoms with van der Waals surface area (Å²) in [4.78, 5) is 14.4. The lowest BCUT2D eigenvalue weighted by molar-refractivity contribution is -0.122. The first-order valence-corrected chi connectivity index (χ1v) is 9.41. The van der Waals surface area contributed by atoms with E-state index >= 15 is 0 Å². The number of nitrogens with zero attached hydrogens (tertiary/aromatic N) is 1. The van der Waals surface area contributed by atoms with Crippen LogP contribution in [0.4, 0.5) is 0 Å². The number of amides is 1. The largest absolute Gasteiger partial charge is 0.465 e. The topological polar surface area (TPSA) is 80.7 Å². The fourth-order valence-electron chi connectivity index (χ4n) is 2.64. The van der Waals surface area contributed by atoms with Gasteiger partial charge in [-0.2, -0.15) is 11.8 Å². The van der Waals surface area contributed by atoms with E-state index in [2.05, 4.69) is 10.2 Å². The third-order valence-electron chi connectivity index (χ3n) is 4.02. The fourth-order valence-corrected chi connectivity index (χ4v) is 3.13. The molecule has 1 fully saturated rings. The summed E-state index contributed by atoms with van der Waals surface area (Å²) in [5, 5.41) is 2.98. The van der Waals surface area contributed by atoms with E-state index in [1.165, 1.54) is 0 Å². The molecule has 2 rings (SSSR count). The maximum absolute atomic E-state index is 12.2. The lowest BCUT2D eigenvalue weighted by Crippen LogP contribution is -2.47. The molecule has 0 aromatic carbocycles. The Bertz CT molecular complexity index is 489. The molecule has 1 amide bonds. The standard InChI is InChI=1S/C16H27N3O3S/c1-12-3-4-15(22-12)14(19-6-8-21-9-7-19)11-18-16(20)13(17)5-10-23-2/h3-4,13-14H,5-11,17H2,1-2H3,(H,18,20). The highest BCUT2D eigenvalue weighted by atomic mass is 32.2. The van der Waals surface area contributed by atoms with E-state index < -0.39 is 6.04 Å². The second-order valence-electron chi connectivity index (χ2n) is 5.75. The van der Waals surface area contributed by atoms with E-state index in [0.29, 0.717) is 26.2 Å². The Hall–Kier alpha value is -1.02. The third kappa shape index (κ3) is 5.53. The van der Waals surface area contributed by atoms with E-state index in [1.54, 1.807) is 11.8 Å². The van der Waals surface area contributed by atoms with Crippen LogP contribution in [0.15, 0.2) is 16.5 Å². The molecule has 2 atom stereocenters. The van der Waals surface area contributed by atoms with Crippen LogP contribution >= 0.6 is 11.8 Å². The van der Waals surface area contributed by atoms with E-state index in [0.717, 1.165) is 30.4 Å². The van der Waals surface area contributed by atoms with Crippen LogP contribution in [0, 0.1) is 6.92 Å². The molecule has 0 bridgehead atoms. The summed E-state index contributed by atoms with van der Waals surface area (Å²) in [5.41, 5.74) is 5.93. The molecular weight excluding hydrogens is 314 g/mol. The van der Waals surface area contributed by atoms with Crippen LogP contribution in [-0.4, -0.2) is 61.7 Å². The molecule has 7 heteroatoms. The maximum Gasteiger partial charge on any atom is 0.237 e. The van der Waals surface area contributed by atoms with Crippen molar-refractivity contribution in [1.29, 1.82) is 0 Å². The summed E-state index contributed by atoms with van der Waals surface area (Å²) in [6.45, 7) is 5.50. The molecule has 1 aliphatic heterocycles. The van der Waals surface area contributed by atoms with Gasteiger partial charge in [0, 0.05) is 19.6 Å². The number of carbonyl (C=O) groups excluding carboxylic acids is 1. The van der Waals surface area contributed by atoms with Crippen LogP contribution in [0.25, 0.3) is 0 Å². The van der Waals surface area contributed by atoms with Crippen LogP contribution in [0.3, 0.4) is 0 Å². The Morgan fingerprint density at radius 3 is 2.78 bits per heavy atom. The number of morpholine rings is 1. The summed E-state index contributed by atoms with van der Waals surface area (Å²) < 4.78 is 11.2. The molecule has 130 valence electrons. The molecule has 0 aliphatic carbocycles. The van der Waals surface area contributed by atoms with Gasteiger partial charge in [0.05, 0.1) is 25.3 Å². The molecule has 1 aromatic heterocycles. The number of carbonyl (C=O) groups is 1. The Morgan fingerprint density at radius 2 is 2.17 bits per heavy atom. The summed E-state index contributed by atoms with van der Waals surface area (Å²) in [6, 6.07) is 3.50. The Morgan fingerprint density at radius 1 is 1.43 bits per heavy atom. The highest BCUT2D eigenvalue weighted by molar-refractivity contribution is 7.98. The number of aryl methyl sites for hydroxylation is 1. The zero-order chi connectivity index (χ0) is 16.7. The quantitative estimate of drug-likeness (QED) is 0.738. The third-order valence-corrected chi connectivity index (χ3v) is 4.66. The number of ether oxygens (including phenoxy) is 1. The average molecular weight is 341 g/mol. The normalized spacial score (nSPS) is 18.6. The molecule has 0 radical (unpaired) electrons. The van der Waals surface area contributed by atoms with Crippen molar-refractivity contribution in [3.63, 3.8) is 0 Å². The first-order chi connectivity index (χ1) is 11.1. The molecule has 1 aliphatic rings. The molecular formula is C16H27N3O3S. The number of furan rings is 1. The summed E-state index contributed by atoms with van der Waals surface area (Å²) in [7, 11) is 0. The SMILES string of the molecule is CSCCC(N)C(=O)NCC(c1ccc(C)o1)N1CCOCC1. The molecule has 3 N–H and O–H groups in total. The van der Waals surface area contributed by atoms with Gasteiger partial charge in [-0.1, -0.05) is 0 Å². The van der Waals surface area contributed by atoms with Gasteiger partial charge in [0.15, 0.2) is 0 Å². The molecule has 0 spiro atoms. The van der Waals surface area contributed by atoms with Gasteiger partial charge in [-0.3, -0.25) is 9.69 Å². The first kappa shape index (κ1) is 18.3. The highest BCUT2D eigenvalue weighted by Crippen LogP contribution is 2.23. The summed E-state index contributed by atoms with van der Waals surface area (Å²) in [5.74, 6) is 2.54. The number of hydrogen-bond acceptors (Lipinski definition) is 6. The average Bonchev–Trinajstić information content (AvgIpc) is 2.99. The van der Waals surface area contributed by atoms with Gasteiger partial charge >= 0.3 is 0 Å². The van der Waals surface area contributed by atoms with Crippen LogP contribution in [-0.2, 0) is 9.53 Å². The Kier molecular flexibility index (Phi) is 7.42. The van der Waals surface area contributed by atoms with Gasteiger partial charge in [0.2, 0.25) is 5.91 Å². The summed E-state index contributed by atoms with van der Waals surface area (Å²) in [6.07, 6.45) is 2.70. The van der Waals surface area contributed by atoms with E-state index in [-0.39, 0.29) is 11.9 Å². The van der Waals surface area contributed by atoms with Gasteiger partial charge in [0.25, 0.3) is 0 Å². The zero-order valence-corrected chi connectivity index (χ0v) is 14.7. The fraction of sp³-hybridized carbons (Fsp3) is 0.688. The van der Waals surface area contributed by atoms with Crippen molar-refractivity contribution in [1.82, 2.24) is 10.2 Å². The van der Waals surface area contributed by atoms with Crippen molar-refractivity contribution in [2.24, 2.45) is 5.73 Å². The van der Waals surface area contributed by atoms with Crippen LogP contribution < -0.4 is 11.1 Å². The van der Waals surface area contributed by atoms with Gasteiger partial charge in [0.1, 0.15) is 11.5 Å². The highest BCUT2D eigenvalue weighted by Gasteiger charge is 2.26. The van der Waals surface area contributed by atoms with Gasteiger partial charge in [-0.25, -0.2) is 0 Å². The maximum atomic E-state index is 12.2. The van der Waals surface area contributed by atoms with E-state index in [1.807, 2.05) is 25.3 Å². The number of thioether (sulfide) groups is 1. The molecule has 1 saturated heterocycles. The second kappa shape index (κ2) is 9.32. The lowest BCUT2D eigenvalue weighted by Gasteiger charge is -2.33. The number of hydrogen-bond donors (Lipinski definition) is 2. The zero-order valence-electron chi connectivity index (χ0n) is 13.9. The molecule has 23 heavy (non-hydrogen) atoms. The molecule has 2 unspecified atom stereocenters. The number of nitrogens with two attached hydrogens (primary N) is 1. The Labute approximate surface area is 142 Å². The minimum atomic E-state index is -0.453. The van der Waals surface area contributed by atoms with E-state index in [9.17, 15) is 4.79 Å². The van der Waals surface area contributed by atoms with Crippen molar-refractivity contribution >= 4 is 17.7 Å². The minimum Gasteiger partial charge on any atom is -0.465 e. The van der Waals surface area contributed by atoms with Crippen molar-refractivity contribution in [2.45, 2.75) is 25.4 Å². The first-order valence-electron chi connectivity index (χ1n) is 8.02. The minimum absolute atomic E-state index is 0.0179. The monoisotopic (exact) mass is 341 g/mol. The van der Waals surface area contributed by atoms with Gasteiger partial charge in [-0.15, -0.1) is 0 Å². The van der Waals surface area contributed by atoms with Crippen molar-refractivity contribution < 1.29 is 13.9 Å². The van der Waals surface area contributed by atoms with Crippen molar-refractivity contribution in [3.8, 4) is 0 Å². The number of rotatable bonds is 8. The smallest absolute Gasteiger partial charge is 0.237 e. The molecule has 0 saturated carbocycles.